The molecule has 1 atom stereocenters. The first-order chi connectivity index (χ1) is 9.56. The molecule has 0 radical (unpaired) electrons. The third kappa shape index (κ3) is 3.64. The van der Waals surface area contributed by atoms with Crippen LogP contribution in [0.1, 0.15) is 28.0 Å². The number of carboxylic acid groups (broad SMARTS) is 1. The smallest absolute Gasteiger partial charge is 0.325 e. The number of nitrogens with one attached hydrogen (secondary N) is 1. The van der Waals surface area contributed by atoms with Gasteiger partial charge >= 0.3 is 5.97 Å². The summed E-state index contributed by atoms with van der Waals surface area (Å²) in [6.45, 7) is 1.41. The second-order valence-electron chi connectivity index (χ2n) is 4.32. The molecule has 2 N–H and O–H groups in total. The Bertz CT molecular complexity index is 610. The maximum atomic E-state index is 11.8. The molecule has 2 rings (SSSR count). The van der Waals surface area contributed by atoms with E-state index >= 15 is 0 Å². The normalized spacial score (nSPS) is 11.8. The lowest BCUT2D eigenvalue weighted by Crippen LogP contribution is -2.38. The average molecular weight is 290 g/mol. The van der Waals surface area contributed by atoms with Crippen molar-refractivity contribution in [1.29, 1.82) is 0 Å². The Morgan fingerprint density at radius 1 is 1.35 bits per heavy atom. The Morgan fingerprint density at radius 2 is 2.05 bits per heavy atom. The van der Waals surface area contributed by atoms with Crippen molar-refractivity contribution in [2.24, 2.45) is 0 Å². The standard InChI is InChI=1S/C14H14N2O3S/c1-9(14(18)19)15-13(17)11-8-20-12(16-11)7-10-5-3-2-4-6-10/h2-6,8-9H,7H2,1H3,(H,15,17)(H,18,19)/t9-/m0/s1. The van der Waals surface area contributed by atoms with Crippen molar-refractivity contribution < 1.29 is 14.7 Å². The van der Waals surface area contributed by atoms with Gasteiger partial charge in [0.2, 0.25) is 0 Å². The highest BCUT2D eigenvalue weighted by Crippen LogP contribution is 2.14. The molecule has 0 aliphatic heterocycles. The topological polar surface area (TPSA) is 79.3 Å². The van der Waals surface area contributed by atoms with Crippen molar-refractivity contribution in [1.82, 2.24) is 10.3 Å². The number of nitrogens with zero attached hydrogens (tertiary/aromatic N) is 1. The molecular formula is C14H14N2O3S. The van der Waals surface area contributed by atoms with Crippen LogP contribution in [0.3, 0.4) is 0 Å². The molecule has 1 aromatic heterocycles. The third-order valence-electron chi connectivity index (χ3n) is 2.70. The van der Waals surface area contributed by atoms with E-state index in [4.69, 9.17) is 5.11 Å². The van der Waals surface area contributed by atoms with E-state index in [0.717, 1.165) is 10.6 Å². The van der Waals surface area contributed by atoms with Gasteiger partial charge in [-0.25, -0.2) is 4.98 Å². The van der Waals surface area contributed by atoms with Gasteiger partial charge in [-0.15, -0.1) is 11.3 Å². The van der Waals surface area contributed by atoms with Crippen LogP contribution in [0.2, 0.25) is 0 Å². The quantitative estimate of drug-likeness (QED) is 0.882. The fourth-order valence-corrected chi connectivity index (χ4v) is 2.41. The molecule has 0 saturated heterocycles. The maximum Gasteiger partial charge on any atom is 0.325 e. The molecule has 0 saturated carbocycles. The fraction of sp³-hybridized carbons (Fsp3) is 0.214. The van der Waals surface area contributed by atoms with Gasteiger partial charge in [0.05, 0.1) is 5.01 Å². The number of aliphatic carboxylic acids is 1. The van der Waals surface area contributed by atoms with Crippen LogP contribution >= 0.6 is 11.3 Å². The van der Waals surface area contributed by atoms with Crippen molar-refractivity contribution in [3.8, 4) is 0 Å². The van der Waals surface area contributed by atoms with Crippen LogP contribution in [0.4, 0.5) is 0 Å². The monoisotopic (exact) mass is 290 g/mol. The second kappa shape index (κ2) is 6.29. The molecule has 0 spiro atoms. The minimum atomic E-state index is -1.07. The van der Waals surface area contributed by atoms with Gasteiger partial charge in [-0.3, -0.25) is 9.59 Å². The zero-order valence-electron chi connectivity index (χ0n) is 10.9. The van der Waals surface area contributed by atoms with Crippen molar-refractivity contribution in [2.45, 2.75) is 19.4 Å². The summed E-state index contributed by atoms with van der Waals surface area (Å²) in [6, 6.07) is 8.90. The predicted molar refractivity (Wildman–Crippen MR) is 75.9 cm³/mol. The summed E-state index contributed by atoms with van der Waals surface area (Å²) in [5.41, 5.74) is 1.38. The van der Waals surface area contributed by atoms with Gasteiger partial charge < -0.3 is 10.4 Å². The first kappa shape index (κ1) is 14.2. The van der Waals surface area contributed by atoms with Crippen LogP contribution in [0.25, 0.3) is 0 Å². The summed E-state index contributed by atoms with van der Waals surface area (Å²) in [6.07, 6.45) is 0.660. The summed E-state index contributed by atoms with van der Waals surface area (Å²) >= 11 is 1.39. The second-order valence-corrected chi connectivity index (χ2v) is 5.26. The Labute approximate surface area is 120 Å². The Kier molecular flexibility index (Phi) is 4.47. The van der Waals surface area contributed by atoms with Crippen molar-refractivity contribution in [3.63, 3.8) is 0 Å². The molecule has 0 unspecified atom stereocenters. The summed E-state index contributed by atoms with van der Waals surface area (Å²) in [7, 11) is 0. The highest BCUT2D eigenvalue weighted by molar-refractivity contribution is 7.09. The third-order valence-corrected chi connectivity index (χ3v) is 3.55. The van der Waals surface area contributed by atoms with E-state index in [-0.39, 0.29) is 5.69 Å². The lowest BCUT2D eigenvalue weighted by molar-refractivity contribution is -0.138. The highest BCUT2D eigenvalue weighted by atomic mass is 32.1. The fourth-order valence-electron chi connectivity index (χ4n) is 1.60. The number of amides is 1. The molecule has 5 nitrogen and oxygen atoms in total. The van der Waals surface area contributed by atoms with Crippen molar-refractivity contribution in [3.05, 3.63) is 52.0 Å². The van der Waals surface area contributed by atoms with Gasteiger partial charge in [0.15, 0.2) is 0 Å². The van der Waals surface area contributed by atoms with E-state index in [1.165, 1.54) is 18.3 Å². The number of benzene rings is 1. The van der Waals surface area contributed by atoms with Gasteiger partial charge in [0.1, 0.15) is 11.7 Å². The predicted octanol–water partition coefficient (Wildman–Crippen LogP) is 1.94. The molecule has 2 aromatic rings. The number of hydrogen-bond acceptors (Lipinski definition) is 4. The van der Waals surface area contributed by atoms with Crippen molar-refractivity contribution >= 4 is 23.2 Å². The number of carbonyl (C=O) groups is 2. The molecule has 6 heteroatoms. The number of hydrogen-bond donors (Lipinski definition) is 2. The van der Waals surface area contributed by atoms with E-state index in [0.29, 0.717) is 6.42 Å². The van der Waals surface area contributed by atoms with Gasteiger partial charge in [-0.05, 0) is 12.5 Å². The number of aromatic nitrogens is 1. The van der Waals surface area contributed by atoms with Gasteiger partial charge in [-0.1, -0.05) is 30.3 Å². The van der Waals surface area contributed by atoms with Crippen molar-refractivity contribution in [2.75, 3.05) is 0 Å². The van der Waals surface area contributed by atoms with Crippen LogP contribution in [-0.2, 0) is 11.2 Å². The summed E-state index contributed by atoms with van der Waals surface area (Å²) < 4.78 is 0. The Balaban J connectivity index is 2.02. The molecule has 1 amide bonds. The minimum Gasteiger partial charge on any atom is -0.480 e. The SMILES string of the molecule is C[C@H](NC(=O)c1csc(Cc2ccccc2)n1)C(=O)O. The molecule has 104 valence electrons. The van der Waals surface area contributed by atoms with E-state index in [2.05, 4.69) is 10.3 Å². The van der Waals surface area contributed by atoms with E-state index in [9.17, 15) is 9.59 Å². The molecule has 0 aliphatic rings. The molecular weight excluding hydrogens is 276 g/mol. The Hall–Kier alpha value is -2.21. The average Bonchev–Trinajstić information content (AvgIpc) is 2.88. The zero-order valence-corrected chi connectivity index (χ0v) is 11.7. The van der Waals surface area contributed by atoms with E-state index < -0.39 is 17.9 Å². The lowest BCUT2D eigenvalue weighted by atomic mass is 10.2. The molecule has 0 aliphatic carbocycles. The first-order valence-electron chi connectivity index (χ1n) is 6.08. The number of carboxylic acids is 1. The maximum absolute atomic E-state index is 11.8. The molecule has 1 aromatic carbocycles. The van der Waals surface area contributed by atoms with E-state index in [1.54, 1.807) is 5.38 Å². The lowest BCUT2D eigenvalue weighted by Gasteiger charge is -2.06. The summed E-state index contributed by atoms with van der Waals surface area (Å²) in [5, 5.41) is 13.6. The van der Waals surface area contributed by atoms with Gasteiger partial charge in [0.25, 0.3) is 5.91 Å². The van der Waals surface area contributed by atoms with Crippen LogP contribution in [0.15, 0.2) is 35.7 Å². The van der Waals surface area contributed by atoms with Gasteiger partial charge in [0, 0.05) is 11.8 Å². The summed E-state index contributed by atoms with van der Waals surface area (Å²) in [4.78, 5) is 26.7. The number of thiazole rings is 1. The number of rotatable bonds is 5. The van der Waals surface area contributed by atoms with Gasteiger partial charge in [-0.2, -0.15) is 0 Å². The minimum absolute atomic E-state index is 0.258. The first-order valence-corrected chi connectivity index (χ1v) is 6.96. The molecule has 0 bridgehead atoms. The van der Waals surface area contributed by atoms with Crippen LogP contribution in [-0.4, -0.2) is 28.0 Å². The number of carbonyl (C=O) groups excluding carboxylic acids is 1. The molecule has 0 fully saturated rings. The van der Waals surface area contributed by atoms with Crippen LogP contribution < -0.4 is 5.32 Å². The largest absolute Gasteiger partial charge is 0.480 e. The van der Waals surface area contributed by atoms with Crippen LogP contribution in [0, 0.1) is 0 Å². The summed E-state index contributed by atoms with van der Waals surface area (Å²) in [5.74, 6) is -1.53. The highest BCUT2D eigenvalue weighted by Gasteiger charge is 2.17. The van der Waals surface area contributed by atoms with E-state index in [1.807, 2.05) is 30.3 Å². The molecule has 20 heavy (non-hydrogen) atoms. The zero-order chi connectivity index (χ0) is 14.5. The van der Waals surface area contributed by atoms with Crippen LogP contribution in [0.5, 0.6) is 0 Å². The molecule has 1 heterocycles. The Morgan fingerprint density at radius 3 is 2.70 bits per heavy atom.